The number of aromatic nitrogens is 1. The lowest BCUT2D eigenvalue weighted by Crippen LogP contribution is -2.42. The van der Waals surface area contributed by atoms with Crippen LogP contribution in [0.1, 0.15) is 23.2 Å². The normalized spacial score (nSPS) is 15.6. The molecule has 0 bridgehead atoms. The zero-order valence-corrected chi connectivity index (χ0v) is 12.9. The first-order chi connectivity index (χ1) is 7.66. The van der Waals surface area contributed by atoms with Crippen molar-refractivity contribution in [2.75, 3.05) is 13.1 Å². The van der Waals surface area contributed by atoms with E-state index in [0.29, 0.717) is 5.56 Å². The third-order valence-corrected chi connectivity index (χ3v) is 3.21. The summed E-state index contributed by atoms with van der Waals surface area (Å²) in [7, 11) is 0. The van der Waals surface area contributed by atoms with Crippen LogP contribution in [-0.4, -0.2) is 34.9 Å². The van der Waals surface area contributed by atoms with Crippen LogP contribution in [0.25, 0.3) is 0 Å². The molecule has 0 atom stereocenters. The second kappa shape index (κ2) is 7.94. The Balaban J connectivity index is 0.00000144. The van der Waals surface area contributed by atoms with Gasteiger partial charge in [-0.25, -0.2) is 0 Å². The summed E-state index contributed by atoms with van der Waals surface area (Å²) in [6.45, 7) is 1.49. The molecule has 4 nitrogen and oxygen atoms in total. The zero-order chi connectivity index (χ0) is 11.5. The minimum atomic E-state index is 0. The summed E-state index contributed by atoms with van der Waals surface area (Å²) in [6.07, 6.45) is 5.03. The van der Waals surface area contributed by atoms with E-state index in [9.17, 15) is 4.79 Å². The van der Waals surface area contributed by atoms with Gasteiger partial charge in [-0.05, 0) is 34.8 Å². The Kier molecular flexibility index (Phi) is 7.78. The molecule has 1 aliphatic rings. The molecule has 0 spiro atoms. The van der Waals surface area contributed by atoms with Gasteiger partial charge in [0, 0.05) is 36.0 Å². The summed E-state index contributed by atoms with van der Waals surface area (Å²) < 4.78 is 0.826. The lowest BCUT2D eigenvalue weighted by molar-refractivity contribution is 0.0714. The topological polar surface area (TPSA) is 59.2 Å². The molecule has 1 amide bonds. The number of nitrogens with two attached hydrogens (primary N) is 1. The summed E-state index contributed by atoms with van der Waals surface area (Å²) in [5.41, 5.74) is 6.43. The van der Waals surface area contributed by atoms with E-state index >= 15 is 0 Å². The van der Waals surface area contributed by atoms with Gasteiger partial charge in [-0.3, -0.25) is 9.78 Å². The molecule has 0 unspecified atom stereocenters. The highest BCUT2D eigenvalue weighted by atomic mass is 79.9. The molecule has 7 heteroatoms. The number of carbonyl (C=O) groups is 1. The number of nitrogens with zero attached hydrogens (tertiary/aromatic N) is 2. The maximum absolute atomic E-state index is 12.1. The van der Waals surface area contributed by atoms with E-state index in [-0.39, 0.29) is 36.8 Å². The number of likely N-dealkylation sites (tertiary alicyclic amines) is 1. The van der Waals surface area contributed by atoms with Crippen molar-refractivity contribution in [1.29, 1.82) is 0 Å². The minimum absolute atomic E-state index is 0. The number of halogens is 3. The quantitative estimate of drug-likeness (QED) is 0.839. The first kappa shape index (κ1) is 17.6. The molecule has 1 aromatic heterocycles. The lowest BCUT2D eigenvalue weighted by Gasteiger charge is -2.30. The van der Waals surface area contributed by atoms with Crippen molar-refractivity contribution in [2.45, 2.75) is 18.9 Å². The van der Waals surface area contributed by atoms with Gasteiger partial charge in [-0.15, -0.1) is 24.8 Å². The Morgan fingerprint density at radius 2 is 1.94 bits per heavy atom. The SMILES string of the molecule is Cl.Cl.NC1CCN(C(=O)c2cncc(Br)c2)CC1. The summed E-state index contributed by atoms with van der Waals surface area (Å²) in [4.78, 5) is 17.9. The fourth-order valence-electron chi connectivity index (χ4n) is 1.81. The van der Waals surface area contributed by atoms with E-state index in [1.807, 2.05) is 4.90 Å². The second-order valence-electron chi connectivity index (χ2n) is 4.02. The maximum atomic E-state index is 12.1. The van der Waals surface area contributed by atoms with Crippen molar-refractivity contribution in [3.05, 3.63) is 28.5 Å². The third kappa shape index (κ3) is 4.39. The highest BCUT2D eigenvalue weighted by Crippen LogP contribution is 2.15. The Morgan fingerprint density at radius 1 is 1.33 bits per heavy atom. The van der Waals surface area contributed by atoms with Crippen LogP contribution in [0.3, 0.4) is 0 Å². The monoisotopic (exact) mass is 355 g/mol. The number of hydrogen-bond acceptors (Lipinski definition) is 3. The molecule has 0 aromatic carbocycles. The molecule has 2 rings (SSSR count). The first-order valence-electron chi connectivity index (χ1n) is 5.32. The van der Waals surface area contributed by atoms with Crippen LogP contribution in [-0.2, 0) is 0 Å². The molecule has 1 aromatic rings. The Bertz CT molecular complexity index is 398. The Labute approximate surface area is 127 Å². The van der Waals surface area contributed by atoms with Crippen LogP contribution in [0.15, 0.2) is 22.9 Å². The molecule has 0 radical (unpaired) electrons. The Hall–Kier alpha value is -0.360. The fraction of sp³-hybridized carbons (Fsp3) is 0.455. The van der Waals surface area contributed by atoms with E-state index in [1.54, 1.807) is 18.5 Å². The van der Waals surface area contributed by atoms with Crippen molar-refractivity contribution in [3.63, 3.8) is 0 Å². The zero-order valence-electron chi connectivity index (χ0n) is 9.71. The van der Waals surface area contributed by atoms with Gasteiger partial charge in [0.1, 0.15) is 0 Å². The molecular formula is C11H16BrCl2N3O. The second-order valence-corrected chi connectivity index (χ2v) is 4.94. The van der Waals surface area contributed by atoms with Gasteiger partial charge in [-0.1, -0.05) is 0 Å². The fourth-order valence-corrected chi connectivity index (χ4v) is 2.18. The molecular weight excluding hydrogens is 341 g/mol. The molecule has 2 heterocycles. The molecule has 1 saturated heterocycles. The molecule has 0 saturated carbocycles. The molecule has 102 valence electrons. The van der Waals surface area contributed by atoms with Gasteiger partial charge in [-0.2, -0.15) is 0 Å². The smallest absolute Gasteiger partial charge is 0.255 e. The summed E-state index contributed by atoms with van der Waals surface area (Å²) in [5, 5.41) is 0. The first-order valence-corrected chi connectivity index (χ1v) is 6.11. The summed E-state index contributed by atoms with van der Waals surface area (Å²) in [6, 6.07) is 2.04. The predicted octanol–water partition coefficient (Wildman–Crippen LogP) is 2.25. The van der Waals surface area contributed by atoms with Crippen molar-refractivity contribution in [2.24, 2.45) is 5.73 Å². The number of hydrogen-bond donors (Lipinski definition) is 1. The van der Waals surface area contributed by atoms with Gasteiger partial charge in [0.15, 0.2) is 0 Å². The van der Waals surface area contributed by atoms with Crippen LogP contribution >= 0.6 is 40.7 Å². The highest BCUT2D eigenvalue weighted by molar-refractivity contribution is 9.10. The predicted molar refractivity (Wildman–Crippen MR) is 79.5 cm³/mol. The van der Waals surface area contributed by atoms with E-state index in [4.69, 9.17) is 5.73 Å². The van der Waals surface area contributed by atoms with Crippen LogP contribution in [0.5, 0.6) is 0 Å². The highest BCUT2D eigenvalue weighted by Gasteiger charge is 2.21. The van der Waals surface area contributed by atoms with Crippen LogP contribution in [0, 0.1) is 0 Å². The van der Waals surface area contributed by atoms with Crippen molar-refractivity contribution in [1.82, 2.24) is 9.88 Å². The largest absolute Gasteiger partial charge is 0.338 e. The van der Waals surface area contributed by atoms with E-state index < -0.39 is 0 Å². The number of amides is 1. The number of piperidine rings is 1. The van der Waals surface area contributed by atoms with E-state index in [1.165, 1.54) is 0 Å². The molecule has 1 fully saturated rings. The van der Waals surface area contributed by atoms with Gasteiger partial charge in [0.2, 0.25) is 0 Å². The lowest BCUT2D eigenvalue weighted by atomic mass is 10.1. The van der Waals surface area contributed by atoms with Crippen molar-refractivity contribution < 1.29 is 4.79 Å². The van der Waals surface area contributed by atoms with E-state index in [2.05, 4.69) is 20.9 Å². The van der Waals surface area contributed by atoms with Gasteiger partial charge >= 0.3 is 0 Å². The third-order valence-electron chi connectivity index (χ3n) is 2.78. The molecule has 0 aliphatic carbocycles. The maximum Gasteiger partial charge on any atom is 0.255 e. The van der Waals surface area contributed by atoms with Crippen LogP contribution < -0.4 is 5.73 Å². The van der Waals surface area contributed by atoms with E-state index in [0.717, 1.165) is 30.4 Å². The molecule has 2 N–H and O–H groups in total. The van der Waals surface area contributed by atoms with Gasteiger partial charge < -0.3 is 10.6 Å². The van der Waals surface area contributed by atoms with Crippen LogP contribution in [0.2, 0.25) is 0 Å². The molecule has 1 aliphatic heterocycles. The number of carbonyl (C=O) groups excluding carboxylic acids is 1. The van der Waals surface area contributed by atoms with Gasteiger partial charge in [0.25, 0.3) is 5.91 Å². The summed E-state index contributed by atoms with van der Waals surface area (Å²) >= 11 is 3.31. The average Bonchev–Trinajstić information content (AvgIpc) is 2.29. The minimum Gasteiger partial charge on any atom is -0.338 e. The summed E-state index contributed by atoms with van der Waals surface area (Å²) in [5.74, 6) is 0.0423. The average molecular weight is 357 g/mol. The van der Waals surface area contributed by atoms with Crippen molar-refractivity contribution in [3.8, 4) is 0 Å². The number of rotatable bonds is 1. The van der Waals surface area contributed by atoms with Crippen molar-refractivity contribution >= 4 is 46.7 Å². The van der Waals surface area contributed by atoms with Gasteiger partial charge in [0.05, 0.1) is 5.56 Å². The standard InChI is InChI=1S/C11H14BrN3O.2ClH/c12-9-5-8(6-14-7-9)11(16)15-3-1-10(13)2-4-15;;/h5-7,10H,1-4,13H2;2*1H. The Morgan fingerprint density at radius 3 is 2.50 bits per heavy atom. The molecule has 18 heavy (non-hydrogen) atoms. The number of pyridine rings is 1. The van der Waals surface area contributed by atoms with Crippen LogP contribution in [0.4, 0.5) is 0 Å².